The van der Waals surface area contributed by atoms with Gasteiger partial charge in [-0.2, -0.15) is 6.07 Å². The summed E-state index contributed by atoms with van der Waals surface area (Å²) in [5.74, 6) is 2.81. The fourth-order valence-corrected chi connectivity index (χ4v) is 11.3. The van der Waals surface area contributed by atoms with Crippen LogP contribution in [0.15, 0.2) is 96.1 Å². The van der Waals surface area contributed by atoms with Crippen LogP contribution < -0.4 is 4.74 Å². The van der Waals surface area contributed by atoms with Crippen molar-refractivity contribution in [3.63, 3.8) is 0 Å². The number of benzene rings is 5. The van der Waals surface area contributed by atoms with Gasteiger partial charge >= 0.3 is 21.1 Å². The first kappa shape index (κ1) is 45.1. The maximum absolute atomic E-state index is 7.01. The van der Waals surface area contributed by atoms with Crippen LogP contribution in [0.4, 0.5) is 0 Å². The molecule has 0 spiro atoms. The van der Waals surface area contributed by atoms with Crippen molar-refractivity contribution < 1.29 is 25.8 Å². The zero-order valence-corrected chi connectivity index (χ0v) is 42.6. The van der Waals surface area contributed by atoms with Gasteiger partial charge in [0.15, 0.2) is 0 Å². The van der Waals surface area contributed by atoms with E-state index < -0.39 is 0 Å². The fraction of sp³-hybridized carbons (Fsp3) is 0.368. The molecule has 1 aliphatic heterocycles. The van der Waals surface area contributed by atoms with E-state index in [0.717, 1.165) is 44.8 Å². The van der Waals surface area contributed by atoms with Crippen LogP contribution in [0.1, 0.15) is 145 Å². The Labute approximate surface area is 394 Å². The molecule has 1 aliphatic carbocycles. The van der Waals surface area contributed by atoms with Gasteiger partial charge < -0.3 is 14.3 Å². The van der Waals surface area contributed by atoms with Crippen LogP contribution in [-0.4, -0.2) is 20.1 Å². The number of aliphatic imine (C=N–C) groups is 1. The summed E-state index contributed by atoms with van der Waals surface area (Å²) in [4.78, 5) is 10.6. The second-order valence-corrected chi connectivity index (χ2v) is 22.4. The number of aromatic nitrogens is 2. The molecule has 7 aromatic rings. The first-order valence-corrected chi connectivity index (χ1v) is 23.2. The molecule has 0 radical (unpaired) electrons. The van der Waals surface area contributed by atoms with Crippen LogP contribution in [-0.2, 0) is 43.1 Å². The number of pyridine rings is 1. The summed E-state index contributed by atoms with van der Waals surface area (Å²) in [6, 6.07) is 38.9. The topological polar surface area (TPSA) is 39.4 Å². The Morgan fingerprint density at radius 3 is 2.10 bits per heavy atom. The van der Waals surface area contributed by atoms with Gasteiger partial charge in [-0.3, -0.25) is 0 Å². The number of hydrogen-bond donors (Lipinski definition) is 0. The van der Waals surface area contributed by atoms with E-state index >= 15 is 0 Å². The van der Waals surface area contributed by atoms with E-state index in [1.54, 1.807) is 0 Å². The van der Waals surface area contributed by atoms with Crippen molar-refractivity contribution >= 4 is 38.6 Å². The molecule has 3 heterocycles. The summed E-state index contributed by atoms with van der Waals surface area (Å²) in [5, 5.41) is 3.30. The van der Waals surface area contributed by atoms with Crippen molar-refractivity contribution in [1.29, 1.82) is 0 Å². The second-order valence-electron chi connectivity index (χ2n) is 21.0. The summed E-state index contributed by atoms with van der Waals surface area (Å²) in [7, 11) is 0. The third-order valence-corrected chi connectivity index (χ3v) is 15.5. The molecule has 63 heavy (non-hydrogen) atoms. The molecule has 4 nitrogen and oxygen atoms in total. The third kappa shape index (κ3) is 7.63. The third-order valence-electron chi connectivity index (χ3n) is 13.9. The molecule has 5 aromatic carbocycles. The van der Waals surface area contributed by atoms with Crippen molar-refractivity contribution in [2.24, 2.45) is 4.99 Å². The van der Waals surface area contributed by atoms with Crippen LogP contribution in [0.25, 0.3) is 38.8 Å². The maximum Gasteiger partial charge on any atom is 2.00 e. The molecule has 0 N–H and O–H groups in total. The van der Waals surface area contributed by atoms with Gasteiger partial charge in [0.2, 0.25) is 0 Å². The number of rotatable bonds is 7. The Kier molecular flexibility index (Phi) is 11.4. The molecule has 2 aromatic heterocycles. The number of thioether (sulfide) groups is 1. The summed E-state index contributed by atoms with van der Waals surface area (Å²) in [5.41, 5.74) is 15.8. The van der Waals surface area contributed by atoms with Gasteiger partial charge in [0.25, 0.3) is 0 Å². The predicted molar refractivity (Wildman–Crippen MR) is 263 cm³/mol. The van der Waals surface area contributed by atoms with Gasteiger partial charge in [-0.15, -0.1) is 40.9 Å². The quantitative estimate of drug-likeness (QED) is 0.149. The Hall–Kier alpha value is -4.44. The van der Waals surface area contributed by atoms with Crippen molar-refractivity contribution in [3.8, 4) is 28.4 Å². The van der Waals surface area contributed by atoms with E-state index in [1.807, 2.05) is 18.0 Å². The standard InChI is InChI=1S/C57H61N3OS.Pt/c1-33(2)43-16-15-17-44(34(3)4)52(43)37-26-38(53-59-56(13)32-47-36(6)35(5)18-22-48(47)57(56,14)62-53)28-42(27-37)61-41-20-21-45-46-29-39(54(7,8)9)19-23-49(46)60(50(45)31-41)51-30-40(24-25-58-51)55(10,11)12;/h15-27,29-30,33-34H,32H2,1-14H3;/q-2;+2/t56-,57+;/m1./s1. The van der Waals surface area contributed by atoms with E-state index in [9.17, 15) is 0 Å². The molecule has 0 unspecified atom stereocenters. The van der Waals surface area contributed by atoms with Crippen molar-refractivity contribution in [3.05, 3.63) is 153 Å². The second kappa shape index (κ2) is 15.9. The monoisotopic (exact) mass is 1030 g/mol. The summed E-state index contributed by atoms with van der Waals surface area (Å²) in [6.45, 7) is 31.9. The summed E-state index contributed by atoms with van der Waals surface area (Å²) in [6.07, 6.45) is 2.85. The zero-order valence-electron chi connectivity index (χ0n) is 39.5. The minimum absolute atomic E-state index is 0. The average molecular weight is 1030 g/mol. The van der Waals surface area contributed by atoms with Gasteiger partial charge in [0, 0.05) is 28.3 Å². The molecular formula is C57H61N3OPtS. The molecule has 0 saturated heterocycles. The van der Waals surface area contributed by atoms with Crippen LogP contribution in [0.2, 0.25) is 0 Å². The smallest absolute Gasteiger partial charge is 0.503 e. The van der Waals surface area contributed by atoms with E-state index in [-0.39, 0.29) is 42.2 Å². The molecule has 0 saturated carbocycles. The Morgan fingerprint density at radius 1 is 0.746 bits per heavy atom. The molecule has 2 atom stereocenters. The molecular weight excluding hydrogens is 970 g/mol. The van der Waals surface area contributed by atoms with Gasteiger partial charge in [-0.05, 0) is 130 Å². The molecule has 9 rings (SSSR count). The number of ether oxygens (including phenoxy) is 1. The van der Waals surface area contributed by atoms with Crippen molar-refractivity contribution in [1.82, 2.24) is 9.55 Å². The molecule has 0 bridgehead atoms. The first-order valence-electron chi connectivity index (χ1n) is 22.4. The van der Waals surface area contributed by atoms with Crippen LogP contribution in [0.5, 0.6) is 11.5 Å². The molecule has 2 aliphatic rings. The van der Waals surface area contributed by atoms with E-state index in [2.05, 4.69) is 199 Å². The van der Waals surface area contributed by atoms with Gasteiger partial charge in [-0.25, -0.2) is 4.98 Å². The fourth-order valence-electron chi connectivity index (χ4n) is 9.77. The van der Waals surface area contributed by atoms with E-state index in [1.165, 1.54) is 55.5 Å². The average Bonchev–Trinajstić information content (AvgIpc) is 3.76. The molecule has 0 fully saturated rings. The maximum atomic E-state index is 7.01. The predicted octanol–water partition coefficient (Wildman–Crippen LogP) is 15.4. The van der Waals surface area contributed by atoms with Crippen LogP contribution in [0, 0.1) is 26.0 Å². The number of fused-ring (bicyclic) bond motifs is 6. The van der Waals surface area contributed by atoms with Gasteiger partial charge in [0.1, 0.15) is 5.82 Å². The first-order chi connectivity index (χ1) is 29.2. The normalized spacial score (nSPS) is 18.6. The zero-order chi connectivity index (χ0) is 44.3. The molecule has 6 heteroatoms. The number of hydrogen-bond acceptors (Lipinski definition) is 4. The largest absolute Gasteiger partial charge is 2.00 e. The molecule has 0 amide bonds. The SMILES string of the molecule is Cc1ccc2c(c1C)C[C@@]1(C)N=C(c3[c-]c(Oc4[c-]c5c(cc4)c4cc(C(C)(C)C)ccc4n5-c4cc(C(C)(C)C)ccn4)cc(-c4c(C(C)C)cccc4C(C)C)c3)S[C@@]21C.[Pt+2]. The molecule has 326 valence electrons. The Morgan fingerprint density at radius 2 is 1.43 bits per heavy atom. The van der Waals surface area contributed by atoms with Gasteiger partial charge in [0.05, 0.1) is 10.3 Å². The Bertz CT molecular complexity index is 2950. The van der Waals surface area contributed by atoms with Crippen molar-refractivity contribution in [2.45, 2.75) is 136 Å². The Balaban J connectivity index is 0.00000544. The van der Waals surface area contributed by atoms with Crippen LogP contribution >= 0.6 is 11.8 Å². The minimum Gasteiger partial charge on any atom is -0.503 e. The van der Waals surface area contributed by atoms with Crippen LogP contribution in [0.3, 0.4) is 0 Å². The van der Waals surface area contributed by atoms with E-state index in [4.69, 9.17) is 14.7 Å². The number of nitrogens with zero attached hydrogens (tertiary/aromatic N) is 3. The van der Waals surface area contributed by atoms with Gasteiger partial charge in [-0.1, -0.05) is 135 Å². The minimum atomic E-state index is -0.283. The van der Waals surface area contributed by atoms with Crippen molar-refractivity contribution in [2.75, 3.05) is 0 Å². The number of aryl methyl sites for hydroxylation is 1. The summed E-state index contributed by atoms with van der Waals surface area (Å²) < 4.78 is 9.07. The summed E-state index contributed by atoms with van der Waals surface area (Å²) >= 11 is 1.89. The van der Waals surface area contributed by atoms with E-state index in [0.29, 0.717) is 23.3 Å².